The quantitative estimate of drug-likeness (QED) is 0.572. The Bertz CT molecular complexity index is 99.6. The third kappa shape index (κ3) is 79.7. The van der Waals surface area contributed by atoms with E-state index in [0.29, 0.717) is 0 Å². The molecular formula is C11H24O3Ti. The van der Waals surface area contributed by atoms with Gasteiger partial charge in [-0.1, -0.05) is 24.3 Å². The van der Waals surface area contributed by atoms with E-state index in [1.807, 2.05) is 0 Å². The number of rotatable bonds is 0. The van der Waals surface area contributed by atoms with Crippen molar-refractivity contribution in [2.45, 2.75) is 27.2 Å². The van der Waals surface area contributed by atoms with Gasteiger partial charge in [0.05, 0.1) is 0 Å². The van der Waals surface area contributed by atoms with E-state index in [4.69, 9.17) is 15.3 Å². The Labute approximate surface area is 108 Å². The van der Waals surface area contributed by atoms with Crippen molar-refractivity contribution in [1.29, 1.82) is 0 Å². The van der Waals surface area contributed by atoms with Crippen molar-refractivity contribution < 1.29 is 37.0 Å². The minimum atomic E-state index is 0. The van der Waals surface area contributed by atoms with Crippen LogP contribution in [-0.2, 0) is 21.7 Å². The SMILES string of the molecule is C1=CCC=C1.CCO.CCO.CCO.[Ti]. The maximum atomic E-state index is 7.57. The summed E-state index contributed by atoms with van der Waals surface area (Å²) in [6.45, 7) is 5.79. The molecule has 0 spiro atoms. The topological polar surface area (TPSA) is 60.7 Å². The zero-order chi connectivity index (χ0) is 11.7. The summed E-state index contributed by atoms with van der Waals surface area (Å²) < 4.78 is 0. The van der Waals surface area contributed by atoms with Crippen LogP contribution in [0.3, 0.4) is 0 Å². The first-order valence-corrected chi connectivity index (χ1v) is 4.89. The van der Waals surface area contributed by atoms with Crippen LogP contribution in [0.4, 0.5) is 0 Å². The van der Waals surface area contributed by atoms with Gasteiger partial charge in [0.15, 0.2) is 0 Å². The molecule has 15 heavy (non-hydrogen) atoms. The van der Waals surface area contributed by atoms with Crippen molar-refractivity contribution in [2.75, 3.05) is 19.8 Å². The molecule has 0 aromatic carbocycles. The summed E-state index contributed by atoms with van der Waals surface area (Å²) in [6.07, 6.45) is 9.50. The Kier molecular flexibility index (Phi) is 59.9. The largest absolute Gasteiger partial charge is 0.397 e. The molecule has 0 atom stereocenters. The second-order valence-electron chi connectivity index (χ2n) is 2.04. The van der Waals surface area contributed by atoms with Gasteiger partial charge in [0.25, 0.3) is 0 Å². The fourth-order valence-electron chi connectivity index (χ4n) is 0.393. The summed E-state index contributed by atoms with van der Waals surface area (Å²) >= 11 is 0. The van der Waals surface area contributed by atoms with Gasteiger partial charge in [0, 0.05) is 41.5 Å². The number of hydrogen-bond acceptors (Lipinski definition) is 3. The van der Waals surface area contributed by atoms with Crippen LogP contribution in [-0.4, -0.2) is 35.1 Å². The molecule has 4 heteroatoms. The van der Waals surface area contributed by atoms with Crippen LogP contribution in [0.5, 0.6) is 0 Å². The summed E-state index contributed by atoms with van der Waals surface area (Å²) in [7, 11) is 0. The number of aliphatic hydroxyl groups excluding tert-OH is 3. The molecule has 0 radical (unpaired) electrons. The maximum absolute atomic E-state index is 7.57. The molecule has 3 nitrogen and oxygen atoms in total. The molecule has 0 unspecified atom stereocenters. The first-order chi connectivity index (χ1) is 6.74. The smallest absolute Gasteiger partial charge is 0.0402 e. The normalized spacial score (nSPS) is 9.47. The summed E-state index contributed by atoms with van der Waals surface area (Å²) in [5.74, 6) is 0. The zero-order valence-corrected chi connectivity index (χ0v) is 11.5. The van der Waals surface area contributed by atoms with Crippen molar-refractivity contribution in [3.05, 3.63) is 24.3 Å². The van der Waals surface area contributed by atoms with Crippen molar-refractivity contribution >= 4 is 0 Å². The van der Waals surface area contributed by atoms with Gasteiger partial charge in [-0.2, -0.15) is 0 Å². The molecule has 0 saturated carbocycles. The van der Waals surface area contributed by atoms with Crippen LogP contribution >= 0.6 is 0 Å². The van der Waals surface area contributed by atoms with E-state index in [1.54, 1.807) is 20.8 Å². The van der Waals surface area contributed by atoms with Gasteiger partial charge in [-0.15, -0.1) is 0 Å². The van der Waals surface area contributed by atoms with Gasteiger partial charge >= 0.3 is 0 Å². The Hall–Kier alpha value is 0.0743. The second-order valence-corrected chi connectivity index (χ2v) is 2.04. The van der Waals surface area contributed by atoms with E-state index >= 15 is 0 Å². The number of allylic oxidation sites excluding steroid dienone is 4. The molecule has 0 aromatic heterocycles. The van der Waals surface area contributed by atoms with Crippen LogP contribution < -0.4 is 0 Å². The minimum Gasteiger partial charge on any atom is -0.397 e. The van der Waals surface area contributed by atoms with Crippen molar-refractivity contribution in [2.24, 2.45) is 0 Å². The summed E-state index contributed by atoms with van der Waals surface area (Å²) in [5, 5.41) is 22.7. The van der Waals surface area contributed by atoms with Crippen LogP contribution in [0.25, 0.3) is 0 Å². The fraction of sp³-hybridized carbons (Fsp3) is 0.636. The van der Waals surface area contributed by atoms with Gasteiger partial charge in [-0.3, -0.25) is 0 Å². The summed E-state index contributed by atoms with van der Waals surface area (Å²) in [4.78, 5) is 0. The molecule has 90 valence electrons. The van der Waals surface area contributed by atoms with Crippen molar-refractivity contribution in [3.8, 4) is 0 Å². The van der Waals surface area contributed by atoms with E-state index in [-0.39, 0.29) is 41.5 Å². The summed E-state index contributed by atoms with van der Waals surface area (Å²) in [6, 6.07) is 0. The first kappa shape index (κ1) is 24.3. The molecule has 1 aliphatic rings. The zero-order valence-electron chi connectivity index (χ0n) is 9.98. The van der Waals surface area contributed by atoms with Crippen LogP contribution in [0, 0.1) is 0 Å². The molecule has 0 aliphatic heterocycles. The second kappa shape index (κ2) is 36.9. The minimum absolute atomic E-state index is 0. The molecule has 0 heterocycles. The molecular weight excluding hydrogens is 228 g/mol. The van der Waals surface area contributed by atoms with Gasteiger partial charge in [0.1, 0.15) is 0 Å². The number of aliphatic hydroxyl groups is 3. The molecule has 0 fully saturated rings. The van der Waals surface area contributed by atoms with Crippen LogP contribution in [0.2, 0.25) is 0 Å². The molecule has 0 aromatic rings. The van der Waals surface area contributed by atoms with Gasteiger partial charge in [0.2, 0.25) is 0 Å². The van der Waals surface area contributed by atoms with Crippen molar-refractivity contribution in [3.63, 3.8) is 0 Å². The average molecular weight is 252 g/mol. The monoisotopic (exact) mass is 252 g/mol. The third-order valence-corrected chi connectivity index (χ3v) is 0.655. The Morgan fingerprint density at radius 3 is 1.07 bits per heavy atom. The van der Waals surface area contributed by atoms with Crippen LogP contribution in [0.1, 0.15) is 27.2 Å². The average Bonchev–Trinajstić information content (AvgIpc) is 2.63. The van der Waals surface area contributed by atoms with E-state index in [9.17, 15) is 0 Å². The fourth-order valence-corrected chi connectivity index (χ4v) is 0.393. The molecule has 0 amide bonds. The number of hydrogen-bond donors (Lipinski definition) is 3. The van der Waals surface area contributed by atoms with Crippen LogP contribution in [0.15, 0.2) is 24.3 Å². The third-order valence-electron chi connectivity index (χ3n) is 0.655. The molecule has 1 rings (SSSR count). The Morgan fingerprint density at radius 1 is 0.800 bits per heavy atom. The molecule has 0 saturated heterocycles. The predicted octanol–water partition coefficient (Wildman–Crippen LogP) is 1.50. The maximum Gasteiger partial charge on any atom is 0.0402 e. The van der Waals surface area contributed by atoms with Crippen molar-refractivity contribution in [1.82, 2.24) is 0 Å². The van der Waals surface area contributed by atoms with E-state index < -0.39 is 0 Å². The predicted molar refractivity (Wildman–Crippen MR) is 61.2 cm³/mol. The van der Waals surface area contributed by atoms with E-state index in [1.165, 1.54) is 0 Å². The molecule has 1 aliphatic carbocycles. The standard InChI is InChI=1S/C5H6.3C2H6O.Ti/c1-2-4-5-3-1;3*1-2-3;/h1-4H,5H2;3*3H,2H2,1H3;. The van der Waals surface area contributed by atoms with Gasteiger partial charge < -0.3 is 15.3 Å². The molecule has 0 bridgehead atoms. The van der Waals surface area contributed by atoms with Gasteiger partial charge in [-0.05, 0) is 27.2 Å². The summed E-state index contributed by atoms with van der Waals surface area (Å²) in [5.41, 5.74) is 0. The first-order valence-electron chi connectivity index (χ1n) is 4.89. The Balaban J connectivity index is -0.0000000550. The molecule has 3 N–H and O–H groups in total. The van der Waals surface area contributed by atoms with E-state index in [0.717, 1.165) is 6.42 Å². The Morgan fingerprint density at radius 2 is 1.00 bits per heavy atom. The van der Waals surface area contributed by atoms with E-state index in [2.05, 4.69) is 24.3 Å². The van der Waals surface area contributed by atoms with Gasteiger partial charge in [-0.25, -0.2) is 0 Å².